The first-order valence-electron chi connectivity index (χ1n) is 6.93. The summed E-state index contributed by atoms with van der Waals surface area (Å²) in [5.74, 6) is -0.821. The van der Waals surface area contributed by atoms with Gasteiger partial charge in [-0.1, -0.05) is 38.0 Å². The zero-order valence-corrected chi connectivity index (χ0v) is 12.4. The highest BCUT2D eigenvalue weighted by Crippen LogP contribution is 2.30. The maximum Gasteiger partial charge on any atom is 0.335 e. The van der Waals surface area contributed by atoms with E-state index in [1.165, 1.54) is 6.07 Å². The van der Waals surface area contributed by atoms with Crippen LogP contribution in [0.5, 0.6) is 0 Å². The van der Waals surface area contributed by atoms with Crippen molar-refractivity contribution in [1.82, 2.24) is 0 Å². The van der Waals surface area contributed by atoms with E-state index < -0.39 is 15.8 Å². The molecule has 110 valence electrons. The topological polar surface area (TPSA) is 71.4 Å². The third-order valence-corrected chi connectivity index (χ3v) is 6.16. The van der Waals surface area contributed by atoms with Crippen molar-refractivity contribution in [3.8, 4) is 0 Å². The van der Waals surface area contributed by atoms with Crippen LogP contribution >= 0.6 is 0 Å². The predicted molar refractivity (Wildman–Crippen MR) is 77.4 cm³/mol. The fourth-order valence-electron chi connectivity index (χ4n) is 2.89. The summed E-state index contributed by atoms with van der Waals surface area (Å²) in [7, 11) is -3.29. The number of hydrogen-bond acceptors (Lipinski definition) is 3. The minimum absolute atomic E-state index is 0.0833. The number of carbonyl (C=O) groups is 1. The van der Waals surface area contributed by atoms with E-state index in [1.54, 1.807) is 18.2 Å². The summed E-state index contributed by atoms with van der Waals surface area (Å²) in [5, 5.41) is 8.79. The molecule has 0 heterocycles. The van der Waals surface area contributed by atoms with Gasteiger partial charge in [-0.05, 0) is 30.4 Å². The lowest BCUT2D eigenvalue weighted by molar-refractivity contribution is 0.0696. The van der Waals surface area contributed by atoms with Crippen LogP contribution in [0, 0.1) is 5.92 Å². The van der Waals surface area contributed by atoms with Crippen LogP contribution in [0.15, 0.2) is 24.3 Å². The van der Waals surface area contributed by atoms with E-state index >= 15 is 0 Å². The van der Waals surface area contributed by atoms with Gasteiger partial charge in [0.1, 0.15) is 0 Å². The normalized spacial score (nSPS) is 23.4. The molecule has 0 saturated heterocycles. The number of rotatable bonds is 4. The highest BCUT2D eigenvalue weighted by molar-refractivity contribution is 7.91. The molecule has 2 rings (SSSR count). The molecule has 1 aliphatic carbocycles. The first-order valence-corrected chi connectivity index (χ1v) is 8.64. The van der Waals surface area contributed by atoms with E-state index in [-0.39, 0.29) is 16.6 Å². The fourth-order valence-corrected chi connectivity index (χ4v) is 4.96. The summed E-state index contributed by atoms with van der Waals surface area (Å²) in [5.41, 5.74) is 0.471. The van der Waals surface area contributed by atoms with Gasteiger partial charge in [0.2, 0.25) is 0 Å². The smallest absolute Gasteiger partial charge is 0.335 e. The zero-order valence-electron chi connectivity index (χ0n) is 11.6. The number of benzene rings is 1. The monoisotopic (exact) mass is 296 g/mol. The second-order valence-corrected chi connectivity index (χ2v) is 7.94. The van der Waals surface area contributed by atoms with E-state index in [1.807, 2.05) is 0 Å². The van der Waals surface area contributed by atoms with Gasteiger partial charge in [0.15, 0.2) is 9.84 Å². The molecule has 1 saturated carbocycles. The van der Waals surface area contributed by atoms with Crippen LogP contribution in [0.2, 0.25) is 0 Å². The highest BCUT2D eigenvalue weighted by atomic mass is 32.2. The van der Waals surface area contributed by atoms with Gasteiger partial charge in [-0.2, -0.15) is 0 Å². The van der Waals surface area contributed by atoms with Gasteiger partial charge in [0.05, 0.1) is 16.6 Å². The third-order valence-electron chi connectivity index (χ3n) is 4.00. The van der Waals surface area contributed by atoms with Crippen LogP contribution in [0.3, 0.4) is 0 Å². The number of hydrogen-bond donors (Lipinski definition) is 1. The molecule has 0 bridgehead atoms. The molecule has 1 aromatic carbocycles. The molecule has 1 fully saturated rings. The summed E-state index contributed by atoms with van der Waals surface area (Å²) < 4.78 is 25.0. The summed E-state index contributed by atoms with van der Waals surface area (Å²) in [6.45, 7) is 2.08. The Labute approximate surface area is 119 Å². The fraction of sp³-hybridized carbons (Fsp3) is 0.533. The van der Waals surface area contributed by atoms with Gasteiger partial charge in [0.25, 0.3) is 0 Å². The van der Waals surface area contributed by atoms with Gasteiger partial charge < -0.3 is 5.11 Å². The Bertz CT molecular complexity index is 592. The Morgan fingerprint density at radius 2 is 2.00 bits per heavy atom. The summed E-state index contributed by atoms with van der Waals surface area (Å²) in [6, 6.07) is 6.34. The molecule has 2 atom stereocenters. The van der Waals surface area contributed by atoms with Crippen molar-refractivity contribution in [3.05, 3.63) is 35.4 Å². The molecule has 1 N–H and O–H groups in total. The third kappa shape index (κ3) is 3.39. The molecule has 1 aliphatic rings. The Balaban J connectivity index is 2.22. The summed E-state index contributed by atoms with van der Waals surface area (Å²) in [4.78, 5) is 11.1. The SMILES string of the molecule is CC1CCCC(S(=O)(=O)Cc2ccccc2C(=O)O)C1. The standard InChI is InChI=1S/C15H20O4S/c1-11-5-4-7-13(9-11)20(18,19)10-12-6-2-3-8-14(12)15(16)17/h2-3,6,8,11,13H,4-5,7,9-10H2,1H3,(H,16,17). The highest BCUT2D eigenvalue weighted by Gasteiger charge is 2.31. The molecular formula is C15H20O4S. The van der Waals surface area contributed by atoms with Crippen molar-refractivity contribution < 1.29 is 18.3 Å². The van der Waals surface area contributed by atoms with Gasteiger partial charge in [0, 0.05) is 0 Å². The summed E-state index contributed by atoms with van der Waals surface area (Å²) >= 11 is 0. The number of carboxylic acid groups (broad SMARTS) is 1. The maximum absolute atomic E-state index is 12.5. The Morgan fingerprint density at radius 1 is 1.30 bits per heavy atom. The molecule has 1 aromatic rings. The number of carboxylic acids is 1. The lowest BCUT2D eigenvalue weighted by Crippen LogP contribution is -2.28. The average Bonchev–Trinajstić information content (AvgIpc) is 2.38. The largest absolute Gasteiger partial charge is 0.478 e. The molecule has 5 heteroatoms. The zero-order chi connectivity index (χ0) is 14.8. The van der Waals surface area contributed by atoms with Crippen LogP contribution in [0.1, 0.15) is 48.5 Å². The van der Waals surface area contributed by atoms with E-state index in [4.69, 9.17) is 5.11 Å². The molecule has 0 aliphatic heterocycles. The van der Waals surface area contributed by atoms with Crippen LogP contribution in [-0.2, 0) is 15.6 Å². The van der Waals surface area contributed by atoms with E-state index in [0.29, 0.717) is 24.3 Å². The van der Waals surface area contributed by atoms with Gasteiger partial charge in [-0.3, -0.25) is 0 Å². The average molecular weight is 296 g/mol. The minimum Gasteiger partial charge on any atom is -0.478 e. The second kappa shape index (κ2) is 5.95. The molecule has 0 radical (unpaired) electrons. The van der Waals surface area contributed by atoms with E-state index in [9.17, 15) is 13.2 Å². The lowest BCUT2D eigenvalue weighted by Gasteiger charge is -2.26. The van der Waals surface area contributed by atoms with Crippen LogP contribution < -0.4 is 0 Å². The molecule has 2 unspecified atom stereocenters. The van der Waals surface area contributed by atoms with Crippen molar-refractivity contribution in [2.75, 3.05) is 0 Å². The lowest BCUT2D eigenvalue weighted by atomic mass is 9.91. The van der Waals surface area contributed by atoms with Crippen LogP contribution in [0.4, 0.5) is 0 Å². The van der Waals surface area contributed by atoms with Crippen molar-refractivity contribution >= 4 is 15.8 Å². The van der Waals surface area contributed by atoms with E-state index in [2.05, 4.69) is 6.92 Å². The maximum atomic E-state index is 12.5. The number of aromatic carboxylic acids is 1. The first kappa shape index (κ1) is 15.0. The van der Waals surface area contributed by atoms with Crippen molar-refractivity contribution in [3.63, 3.8) is 0 Å². The second-order valence-electron chi connectivity index (χ2n) is 5.66. The Kier molecular flexibility index (Phi) is 4.48. The molecular weight excluding hydrogens is 276 g/mol. The first-order chi connectivity index (χ1) is 9.40. The van der Waals surface area contributed by atoms with Crippen molar-refractivity contribution in [2.24, 2.45) is 5.92 Å². The predicted octanol–water partition coefficient (Wildman–Crippen LogP) is 2.88. The Hall–Kier alpha value is -1.36. The van der Waals surface area contributed by atoms with Crippen molar-refractivity contribution in [1.29, 1.82) is 0 Å². The van der Waals surface area contributed by atoms with Crippen molar-refractivity contribution in [2.45, 2.75) is 43.6 Å². The molecule has 20 heavy (non-hydrogen) atoms. The number of sulfone groups is 1. The Morgan fingerprint density at radius 3 is 2.65 bits per heavy atom. The van der Waals surface area contributed by atoms with Crippen LogP contribution in [0.25, 0.3) is 0 Å². The van der Waals surface area contributed by atoms with Crippen LogP contribution in [-0.4, -0.2) is 24.7 Å². The summed E-state index contributed by atoms with van der Waals surface area (Å²) in [6.07, 6.45) is 3.41. The van der Waals surface area contributed by atoms with Gasteiger partial charge in [-0.15, -0.1) is 0 Å². The van der Waals surface area contributed by atoms with Gasteiger partial charge in [-0.25, -0.2) is 13.2 Å². The molecule has 0 spiro atoms. The molecule has 0 aromatic heterocycles. The molecule has 0 amide bonds. The van der Waals surface area contributed by atoms with E-state index in [0.717, 1.165) is 12.8 Å². The van der Waals surface area contributed by atoms with Gasteiger partial charge >= 0.3 is 5.97 Å². The molecule has 4 nitrogen and oxygen atoms in total. The quantitative estimate of drug-likeness (QED) is 0.927. The minimum atomic E-state index is -3.29.